The molecule has 0 radical (unpaired) electrons. The monoisotopic (exact) mass is 385 g/mol. The molecular formula is C21H27N3O2S. The maximum Gasteiger partial charge on any atom is 0.220 e. The fourth-order valence-electron chi connectivity index (χ4n) is 4.70. The number of aromatic nitrogens is 1. The molecule has 3 heterocycles. The van der Waals surface area contributed by atoms with E-state index in [9.17, 15) is 4.79 Å². The summed E-state index contributed by atoms with van der Waals surface area (Å²) >= 11 is 1.69. The normalized spacial score (nSPS) is 26.1. The summed E-state index contributed by atoms with van der Waals surface area (Å²) in [6.07, 6.45) is 3.69. The summed E-state index contributed by atoms with van der Waals surface area (Å²) in [7, 11) is 1.72. The van der Waals surface area contributed by atoms with Crippen LogP contribution in [0.2, 0.25) is 0 Å². The number of nitrogens with one attached hydrogen (secondary N) is 1. The lowest BCUT2D eigenvalue weighted by atomic mass is 9.78. The zero-order valence-electron chi connectivity index (χ0n) is 16.0. The third-order valence-electron chi connectivity index (χ3n) is 5.85. The second-order valence-corrected chi connectivity index (χ2v) is 8.80. The number of rotatable bonds is 4. The molecule has 1 spiro atoms. The third kappa shape index (κ3) is 3.73. The highest BCUT2D eigenvalue weighted by atomic mass is 32.1. The Morgan fingerprint density at radius 2 is 2.22 bits per heavy atom. The maximum absolute atomic E-state index is 12.5. The molecule has 1 amide bonds. The Morgan fingerprint density at radius 1 is 1.37 bits per heavy atom. The molecule has 2 atom stereocenters. The van der Waals surface area contributed by atoms with Crippen molar-refractivity contribution in [2.45, 2.75) is 50.6 Å². The quantitative estimate of drug-likeness (QED) is 0.875. The molecule has 2 saturated heterocycles. The Kier molecular flexibility index (Phi) is 5.19. The summed E-state index contributed by atoms with van der Waals surface area (Å²) in [5.74, 6) is 1.31. The van der Waals surface area contributed by atoms with Crippen molar-refractivity contribution < 1.29 is 9.53 Å². The SMILES string of the molecule is COc1ccccc1[C@@H]1CN(Cc2csc(C)n2)C[C@]12CCCCC(=O)N2. The number of likely N-dealkylation sites (tertiary alicyclic amines) is 1. The van der Waals surface area contributed by atoms with Gasteiger partial charge in [-0.25, -0.2) is 4.98 Å². The van der Waals surface area contributed by atoms with Crippen molar-refractivity contribution in [1.29, 1.82) is 0 Å². The number of carbonyl (C=O) groups excluding carboxylic acids is 1. The fourth-order valence-corrected chi connectivity index (χ4v) is 5.30. The Labute approximate surface area is 164 Å². The number of benzene rings is 1. The highest BCUT2D eigenvalue weighted by molar-refractivity contribution is 7.09. The molecule has 2 aliphatic heterocycles. The average Bonchev–Trinajstić information content (AvgIpc) is 3.16. The van der Waals surface area contributed by atoms with Gasteiger partial charge in [-0.2, -0.15) is 0 Å². The zero-order chi connectivity index (χ0) is 18.9. The van der Waals surface area contributed by atoms with Crippen LogP contribution in [-0.4, -0.2) is 41.5 Å². The Bertz CT molecular complexity index is 821. The minimum atomic E-state index is -0.229. The number of ether oxygens (including phenoxy) is 1. The van der Waals surface area contributed by atoms with Crippen LogP contribution in [0.4, 0.5) is 0 Å². The van der Waals surface area contributed by atoms with Gasteiger partial charge in [-0.1, -0.05) is 24.6 Å². The van der Waals surface area contributed by atoms with E-state index >= 15 is 0 Å². The van der Waals surface area contributed by atoms with Gasteiger partial charge in [-0.15, -0.1) is 11.3 Å². The second kappa shape index (κ2) is 7.60. The van der Waals surface area contributed by atoms with Gasteiger partial charge in [0.2, 0.25) is 5.91 Å². The number of para-hydroxylation sites is 1. The Morgan fingerprint density at radius 3 is 3.00 bits per heavy atom. The molecule has 0 aliphatic carbocycles. The summed E-state index contributed by atoms with van der Waals surface area (Å²) in [6.45, 7) is 4.63. The predicted molar refractivity (Wildman–Crippen MR) is 107 cm³/mol. The number of carbonyl (C=O) groups is 1. The van der Waals surface area contributed by atoms with Crippen molar-refractivity contribution in [3.05, 3.63) is 45.9 Å². The van der Waals surface area contributed by atoms with Crippen LogP contribution < -0.4 is 10.1 Å². The van der Waals surface area contributed by atoms with Crippen LogP contribution in [0.1, 0.15) is 47.9 Å². The van der Waals surface area contributed by atoms with E-state index in [1.165, 1.54) is 5.56 Å². The largest absolute Gasteiger partial charge is 0.496 e. The van der Waals surface area contributed by atoms with Gasteiger partial charge < -0.3 is 10.1 Å². The molecular weight excluding hydrogens is 358 g/mol. The first kappa shape index (κ1) is 18.4. The molecule has 6 heteroatoms. The molecule has 2 aliphatic rings. The second-order valence-electron chi connectivity index (χ2n) is 7.73. The molecule has 1 aromatic heterocycles. The average molecular weight is 386 g/mol. The van der Waals surface area contributed by atoms with Crippen molar-refractivity contribution in [3.8, 4) is 5.75 Å². The topological polar surface area (TPSA) is 54.5 Å². The molecule has 2 fully saturated rings. The van der Waals surface area contributed by atoms with E-state index in [4.69, 9.17) is 4.74 Å². The molecule has 0 bridgehead atoms. The van der Waals surface area contributed by atoms with Crippen LogP contribution in [0.15, 0.2) is 29.6 Å². The number of methoxy groups -OCH3 is 1. The maximum atomic E-state index is 12.5. The molecule has 0 unspecified atom stereocenters. The van der Waals surface area contributed by atoms with Crippen molar-refractivity contribution >= 4 is 17.2 Å². The van der Waals surface area contributed by atoms with Gasteiger partial charge in [0.25, 0.3) is 0 Å². The first-order chi connectivity index (χ1) is 13.1. The van der Waals surface area contributed by atoms with Gasteiger partial charge in [0, 0.05) is 42.9 Å². The summed E-state index contributed by atoms with van der Waals surface area (Å²) in [5.41, 5.74) is 2.08. The van der Waals surface area contributed by atoms with Gasteiger partial charge in [-0.3, -0.25) is 9.69 Å². The minimum absolute atomic E-state index is 0.179. The molecule has 5 nitrogen and oxygen atoms in total. The highest BCUT2D eigenvalue weighted by Crippen LogP contribution is 2.44. The van der Waals surface area contributed by atoms with Gasteiger partial charge in [0.1, 0.15) is 5.75 Å². The number of hydrogen-bond donors (Lipinski definition) is 1. The van der Waals surface area contributed by atoms with Crippen molar-refractivity contribution in [2.75, 3.05) is 20.2 Å². The minimum Gasteiger partial charge on any atom is -0.496 e. The molecule has 4 rings (SSSR count). The lowest BCUT2D eigenvalue weighted by Crippen LogP contribution is -2.52. The lowest BCUT2D eigenvalue weighted by Gasteiger charge is -2.35. The van der Waals surface area contributed by atoms with Gasteiger partial charge in [-0.05, 0) is 25.8 Å². The van der Waals surface area contributed by atoms with E-state index in [-0.39, 0.29) is 17.4 Å². The third-order valence-corrected chi connectivity index (χ3v) is 6.67. The summed E-state index contributed by atoms with van der Waals surface area (Å²) in [6, 6.07) is 8.24. The number of nitrogens with zero attached hydrogens (tertiary/aromatic N) is 2. The molecule has 2 aromatic rings. The molecule has 1 N–H and O–H groups in total. The number of thiazole rings is 1. The van der Waals surface area contributed by atoms with Crippen LogP contribution in [-0.2, 0) is 11.3 Å². The van der Waals surface area contributed by atoms with Crippen molar-refractivity contribution in [2.24, 2.45) is 0 Å². The van der Waals surface area contributed by atoms with E-state index in [0.717, 1.165) is 55.3 Å². The smallest absolute Gasteiger partial charge is 0.220 e. The van der Waals surface area contributed by atoms with Crippen LogP contribution in [0.25, 0.3) is 0 Å². The summed E-state index contributed by atoms with van der Waals surface area (Å²) in [5, 5.41) is 6.66. The first-order valence-electron chi connectivity index (χ1n) is 9.67. The van der Waals surface area contributed by atoms with Gasteiger partial charge in [0.15, 0.2) is 0 Å². The molecule has 1 aromatic carbocycles. The standard InChI is InChI=1S/C21H27N3O2S/c1-15-22-16(13-27-15)11-24-12-18(17-7-3-4-8-19(17)26-2)21(14-24)10-6-5-9-20(25)23-21/h3-4,7-8,13,18H,5-6,9-12,14H2,1-2H3,(H,23,25)/t18-,21+/m0/s1. The zero-order valence-corrected chi connectivity index (χ0v) is 16.8. The van der Waals surface area contributed by atoms with E-state index in [2.05, 4.69) is 32.7 Å². The van der Waals surface area contributed by atoms with Gasteiger partial charge in [0.05, 0.1) is 23.4 Å². The van der Waals surface area contributed by atoms with E-state index in [1.54, 1.807) is 18.4 Å². The van der Waals surface area contributed by atoms with Crippen molar-refractivity contribution in [3.63, 3.8) is 0 Å². The Hall–Kier alpha value is -1.92. The van der Waals surface area contributed by atoms with Crippen LogP contribution in [0, 0.1) is 6.92 Å². The molecule has 0 saturated carbocycles. The molecule has 144 valence electrons. The van der Waals surface area contributed by atoms with E-state index in [0.29, 0.717) is 6.42 Å². The van der Waals surface area contributed by atoms with Gasteiger partial charge >= 0.3 is 0 Å². The van der Waals surface area contributed by atoms with Crippen LogP contribution >= 0.6 is 11.3 Å². The highest BCUT2D eigenvalue weighted by Gasteiger charge is 2.49. The van der Waals surface area contributed by atoms with Crippen LogP contribution in [0.5, 0.6) is 5.75 Å². The van der Waals surface area contributed by atoms with E-state index < -0.39 is 0 Å². The van der Waals surface area contributed by atoms with E-state index in [1.807, 2.05) is 19.1 Å². The fraction of sp³-hybridized carbons (Fsp3) is 0.524. The summed E-state index contributed by atoms with van der Waals surface area (Å²) in [4.78, 5) is 19.6. The number of aryl methyl sites for hydroxylation is 1. The van der Waals surface area contributed by atoms with Crippen molar-refractivity contribution in [1.82, 2.24) is 15.2 Å². The summed E-state index contributed by atoms with van der Waals surface area (Å²) < 4.78 is 5.66. The first-order valence-corrected chi connectivity index (χ1v) is 10.5. The predicted octanol–water partition coefficient (Wildman–Crippen LogP) is 3.49. The molecule has 27 heavy (non-hydrogen) atoms. The number of hydrogen-bond acceptors (Lipinski definition) is 5. The Balaban J connectivity index is 1.67. The van der Waals surface area contributed by atoms with Crippen LogP contribution in [0.3, 0.4) is 0 Å². The lowest BCUT2D eigenvalue weighted by molar-refractivity contribution is -0.122. The number of amides is 1.